The fourth-order valence-electron chi connectivity index (χ4n) is 2.61. The maximum atomic E-state index is 13.4. The molecule has 2 unspecified atom stereocenters. The molecule has 1 fully saturated rings. The van der Waals surface area contributed by atoms with Crippen molar-refractivity contribution >= 4 is 11.6 Å². The van der Waals surface area contributed by atoms with Gasteiger partial charge in [0.05, 0.1) is 11.0 Å². The molecule has 0 radical (unpaired) electrons. The third-order valence-corrected chi connectivity index (χ3v) is 3.83. The highest BCUT2D eigenvalue weighted by atomic mass is 19.1. The van der Waals surface area contributed by atoms with Gasteiger partial charge >= 0.3 is 0 Å². The number of piperidine rings is 1. The first-order valence-corrected chi connectivity index (χ1v) is 6.88. The van der Waals surface area contributed by atoms with E-state index < -0.39 is 16.4 Å². The second kappa shape index (κ2) is 6.17. The first kappa shape index (κ1) is 15.4. The van der Waals surface area contributed by atoms with E-state index in [4.69, 9.17) is 5.73 Å². The lowest BCUT2D eigenvalue weighted by atomic mass is 9.92. The van der Waals surface area contributed by atoms with Crippen LogP contribution in [0.3, 0.4) is 0 Å². The van der Waals surface area contributed by atoms with Gasteiger partial charge in [0.15, 0.2) is 0 Å². The smallest absolute Gasteiger partial charge is 0.273 e. The number of rotatable bonds is 3. The lowest BCUT2D eigenvalue weighted by Crippen LogP contribution is -2.45. The lowest BCUT2D eigenvalue weighted by Gasteiger charge is -2.34. The van der Waals surface area contributed by atoms with E-state index in [2.05, 4.69) is 0 Å². The van der Waals surface area contributed by atoms with Gasteiger partial charge in [0.1, 0.15) is 5.82 Å². The van der Waals surface area contributed by atoms with Gasteiger partial charge in [0.25, 0.3) is 11.6 Å². The number of likely N-dealkylation sites (tertiary alicyclic amines) is 1. The first-order valence-electron chi connectivity index (χ1n) is 6.88. The molecule has 0 aliphatic carbocycles. The molecule has 6 nitrogen and oxygen atoms in total. The molecule has 2 N–H and O–H groups in total. The molecule has 0 bridgehead atoms. The monoisotopic (exact) mass is 295 g/mol. The molecule has 0 aromatic heterocycles. The van der Waals surface area contributed by atoms with Gasteiger partial charge in [-0.1, -0.05) is 0 Å². The molecule has 1 amide bonds. The minimum Gasteiger partial charge on any atom is -0.338 e. The third-order valence-electron chi connectivity index (χ3n) is 3.83. The van der Waals surface area contributed by atoms with Crippen molar-refractivity contribution in [3.8, 4) is 0 Å². The summed E-state index contributed by atoms with van der Waals surface area (Å²) < 4.78 is 13.4. The summed E-state index contributed by atoms with van der Waals surface area (Å²) in [5.74, 6) is -0.970. The summed E-state index contributed by atoms with van der Waals surface area (Å²) >= 11 is 0. The summed E-state index contributed by atoms with van der Waals surface area (Å²) in [4.78, 5) is 24.0. The maximum Gasteiger partial charge on any atom is 0.273 e. The van der Waals surface area contributed by atoms with Gasteiger partial charge in [0, 0.05) is 30.8 Å². The van der Waals surface area contributed by atoms with Crippen LogP contribution in [-0.2, 0) is 0 Å². The van der Waals surface area contributed by atoms with E-state index in [9.17, 15) is 19.3 Å². The summed E-state index contributed by atoms with van der Waals surface area (Å²) in [5.41, 5.74) is 5.46. The van der Waals surface area contributed by atoms with Crippen LogP contribution in [0, 0.1) is 21.8 Å². The molecule has 2 rings (SSSR count). The Kier molecular flexibility index (Phi) is 4.52. The van der Waals surface area contributed by atoms with Crippen molar-refractivity contribution in [2.75, 3.05) is 13.1 Å². The van der Waals surface area contributed by atoms with Crippen LogP contribution in [0.4, 0.5) is 10.1 Å². The molecule has 1 saturated heterocycles. The number of amides is 1. The Labute approximate surface area is 121 Å². The molecule has 2 atom stereocenters. The summed E-state index contributed by atoms with van der Waals surface area (Å²) in [6.45, 7) is 2.96. The summed E-state index contributed by atoms with van der Waals surface area (Å²) in [5, 5.41) is 10.7. The highest BCUT2D eigenvalue weighted by Gasteiger charge is 2.27. The van der Waals surface area contributed by atoms with Crippen molar-refractivity contribution in [1.82, 2.24) is 4.90 Å². The molecule has 0 spiro atoms. The van der Waals surface area contributed by atoms with Gasteiger partial charge in [-0.15, -0.1) is 0 Å². The van der Waals surface area contributed by atoms with Gasteiger partial charge in [-0.3, -0.25) is 14.9 Å². The average molecular weight is 295 g/mol. The molecule has 1 aliphatic heterocycles. The van der Waals surface area contributed by atoms with Crippen molar-refractivity contribution < 1.29 is 14.1 Å². The van der Waals surface area contributed by atoms with Crippen molar-refractivity contribution in [2.24, 2.45) is 11.7 Å². The predicted molar refractivity (Wildman–Crippen MR) is 75.3 cm³/mol. The Hall–Kier alpha value is -2.02. The van der Waals surface area contributed by atoms with Crippen LogP contribution in [0.2, 0.25) is 0 Å². The zero-order valence-corrected chi connectivity index (χ0v) is 11.8. The van der Waals surface area contributed by atoms with Crippen molar-refractivity contribution in [3.63, 3.8) is 0 Å². The van der Waals surface area contributed by atoms with Crippen molar-refractivity contribution in [3.05, 3.63) is 39.7 Å². The van der Waals surface area contributed by atoms with E-state index in [1.807, 2.05) is 6.92 Å². The standard InChI is InChI=1S/C14H18FN3O3/c1-9(16)10-3-2-4-17(8-10)14(19)11-5-12(15)7-13(6-11)18(20)21/h5-7,9-10H,2-4,8,16H2,1H3. The predicted octanol–water partition coefficient (Wildman–Crippen LogP) is 1.93. The van der Waals surface area contributed by atoms with E-state index in [1.54, 1.807) is 4.90 Å². The second-order valence-electron chi connectivity index (χ2n) is 5.47. The molecule has 21 heavy (non-hydrogen) atoms. The molecular formula is C14H18FN3O3. The van der Waals surface area contributed by atoms with Crippen LogP contribution in [0.25, 0.3) is 0 Å². The summed E-state index contributed by atoms with van der Waals surface area (Å²) in [6, 6.07) is 2.92. The maximum absolute atomic E-state index is 13.4. The van der Waals surface area contributed by atoms with E-state index in [1.165, 1.54) is 0 Å². The quantitative estimate of drug-likeness (QED) is 0.681. The Morgan fingerprint density at radius 2 is 2.24 bits per heavy atom. The molecule has 114 valence electrons. The number of halogens is 1. The van der Waals surface area contributed by atoms with Crippen LogP contribution in [-0.4, -0.2) is 34.9 Å². The van der Waals surface area contributed by atoms with E-state index in [0.29, 0.717) is 13.1 Å². The largest absolute Gasteiger partial charge is 0.338 e. The number of nitro benzene ring substituents is 1. The Morgan fingerprint density at radius 1 is 1.52 bits per heavy atom. The normalized spacial score (nSPS) is 20.1. The zero-order chi connectivity index (χ0) is 15.6. The number of non-ortho nitro benzene ring substituents is 1. The average Bonchev–Trinajstić information content (AvgIpc) is 2.45. The van der Waals surface area contributed by atoms with Crippen LogP contribution < -0.4 is 5.73 Å². The first-order chi connectivity index (χ1) is 9.88. The van der Waals surface area contributed by atoms with Crippen LogP contribution in [0.15, 0.2) is 18.2 Å². The minimum atomic E-state index is -0.784. The number of nitrogens with zero attached hydrogens (tertiary/aromatic N) is 2. The number of hydrogen-bond donors (Lipinski definition) is 1. The topological polar surface area (TPSA) is 89.5 Å². The third kappa shape index (κ3) is 3.55. The van der Waals surface area contributed by atoms with Gasteiger partial charge < -0.3 is 10.6 Å². The van der Waals surface area contributed by atoms with Gasteiger partial charge in [-0.25, -0.2) is 4.39 Å². The van der Waals surface area contributed by atoms with Gasteiger partial charge in [-0.05, 0) is 31.7 Å². The zero-order valence-electron chi connectivity index (χ0n) is 11.8. The summed E-state index contributed by atoms with van der Waals surface area (Å²) in [6.07, 6.45) is 1.78. The highest BCUT2D eigenvalue weighted by Crippen LogP contribution is 2.23. The van der Waals surface area contributed by atoms with E-state index in [-0.39, 0.29) is 23.4 Å². The molecule has 0 saturated carbocycles. The Morgan fingerprint density at radius 3 is 2.86 bits per heavy atom. The van der Waals surface area contributed by atoms with Crippen LogP contribution in [0.5, 0.6) is 0 Å². The fourth-order valence-corrected chi connectivity index (χ4v) is 2.61. The van der Waals surface area contributed by atoms with Crippen molar-refractivity contribution in [2.45, 2.75) is 25.8 Å². The molecular weight excluding hydrogens is 277 g/mol. The molecule has 1 heterocycles. The SMILES string of the molecule is CC(N)C1CCCN(C(=O)c2cc(F)cc([N+](=O)[O-])c2)C1. The van der Waals surface area contributed by atoms with Crippen LogP contribution in [0.1, 0.15) is 30.1 Å². The van der Waals surface area contributed by atoms with Crippen LogP contribution >= 0.6 is 0 Å². The second-order valence-corrected chi connectivity index (χ2v) is 5.47. The van der Waals surface area contributed by atoms with Crippen molar-refractivity contribution in [1.29, 1.82) is 0 Å². The Bertz CT molecular complexity index is 562. The van der Waals surface area contributed by atoms with Gasteiger partial charge in [-0.2, -0.15) is 0 Å². The number of benzene rings is 1. The number of carbonyl (C=O) groups is 1. The lowest BCUT2D eigenvalue weighted by molar-refractivity contribution is -0.385. The number of nitro groups is 1. The Balaban J connectivity index is 2.21. The van der Waals surface area contributed by atoms with Gasteiger partial charge in [0.2, 0.25) is 0 Å². The number of nitrogens with two attached hydrogens (primary N) is 1. The number of hydrogen-bond acceptors (Lipinski definition) is 4. The molecule has 1 aromatic rings. The molecule has 1 aliphatic rings. The molecule has 7 heteroatoms. The van der Waals surface area contributed by atoms with E-state index >= 15 is 0 Å². The fraction of sp³-hybridized carbons (Fsp3) is 0.500. The van der Waals surface area contributed by atoms with E-state index in [0.717, 1.165) is 31.0 Å². The number of carbonyl (C=O) groups excluding carboxylic acids is 1. The molecule has 1 aromatic carbocycles. The minimum absolute atomic E-state index is 0.00650. The highest BCUT2D eigenvalue weighted by molar-refractivity contribution is 5.95. The summed E-state index contributed by atoms with van der Waals surface area (Å²) in [7, 11) is 0.